The smallest absolute Gasteiger partial charge is 0.289 e. The van der Waals surface area contributed by atoms with Gasteiger partial charge in [0, 0.05) is 37.6 Å². The van der Waals surface area contributed by atoms with Crippen LogP contribution in [0.3, 0.4) is 0 Å². The van der Waals surface area contributed by atoms with Crippen molar-refractivity contribution >= 4 is 22.7 Å². The van der Waals surface area contributed by atoms with Gasteiger partial charge in [0.1, 0.15) is 5.75 Å². The molecule has 7 nitrogen and oxygen atoms in total. The first-order valence-electron chi connectivity index (χ1n) is 9.14. The van der Waals surface area contributed by atoms with E-state index in [9.17, 15) is 9.59 Å². The predicted molar refractivity (Wildman–Crippen MR) is 104 cm³/mol. The Balaban J connectivity index is 1.49. The molecule has 0 unspecified atom stereocenters. The van der Waals surface area contributed by atoms with Crippen LogP contribution >= 0.6 is 0 Å². The molecule has 144 valence electrons. The Hall–Kier alpha value is -3.35. The molecule has 28 heavy (non-hydrogen) atoms. The van der Waals surface area contributed by atoms with Gasteiger partial charge in [-0.2, -0.15) is 0 Å². The second-order valence-corrected chi connectivity index (χ2v) is 6.74. The highest BCUT2D eigenvalue weighted by Gasteiger charge is 2.27. The van der Waals surface area contributed by atoms with Crippen molar-refractivity contribution in [2.75, 3.05) is 33.3 Å². The molecule has 0 bridgehead atoms. The van der Waals surface area contributed by atoms with Crippen LogP contribution in [0.25, 0.3) is 10.9 Å². The van der Waals surface area contributed by atoms with Crippen LogP contribution in [-0.2, 0) is 0 Å². The molecule has 0 radical (unpaired) electrons. The maximum absolute atomic E-state index is 13.0. The van der Waals surface area contributed by atoms with E-state index in [0.29, 0.717) is 43.2 Å². The summed E-state index contributed by atoms with van der Waals surface area (Å²) in [5.41, 5.74) is 2.06. The first-order chi connectivity index (χ1) is 13.6. The van der Waals surface area contributed by atoms with Gasteiger partial charge in [-0.25, -0.2) is 0 Å². The molecular weight excluding hydrogens is 358 g/mol. The third kappa shape index (κ3) is 3.31. The van der Waals surface area contributed by atoms with E-state index < -0.39 is 0 Å². The number of aryl methyl sites for hydroxylation is 1. The van der Waals surface area contributed by atoms with Crippen molar-refractivity contribution in [2.24, 2.45) is 0 Å². The molecular formula is C21H21N3O4. The molecule has 1 fully saturated rings. The van der Waals surface area contributed by atoms with Gasteiger partial charge in [-0.1, -0.05) is 0 Å². The number of aromatic nitrogens is 1. The second-order valence-electron chi connectivity index (χ2n) is 6.74. The van der Waals surface area contributed by atoms with Crippen molar-refractivity contribution in [3.8, 4) is 5.75 Å². The molecule has 0 atom stereocenters. The average Bonchev–Trinajstić information content (AvgIpc) is 3.27. The number of methoxy groups -OCH3 is 1. The lowest BCUT2D eigenvalue weighted by molar-refractivity contribution is 0.0517. The van der Waals surface area contributed by atoms with Gasteiger partial charge in [-0.15, -0.1) is 0 Å². The number of piperazine rings is 1. The molecule has 7 heteroatoms. The topological polar surface area (TPSA) is 75.9 Å². The Labute approximate surface area is 162 Å². The number of carbonyl (C=O) groups excluding carboxylic acids is 2. The van der Waals surface area contributed by atoms with Gasteiger partial charge < -0.3 is 19.0 Å². The zero-order chi connectivity index (χ0) is 19.7. The summed E-state index contributed by atoms with van der Waals surface area (Å²) in [6.07, 6.45) is 1.48. The minimum atomic E-state index is -0.144. The summed E-state index contributed by atoms with van der Waals surface area (Å²) in [7, 11) is 1.61. The minimum absolute atomic E-state index is 0.0622. The third-order valence-corrected chi connectivity index (χ3v) is 5.03. The lowest BCUT2D eigenvalue weighted by Crippen LogP contribution is -2.50. The Morgan fingerprint density at radius 2 is 1.75 bits per heavy atom. The molecule has 2 amide bonds. The number of nitrogens with zero attached hydrogens (tertiary/aromatic N) is 3. The van der Waals surface area contributed by atoms with E-state index in [2.05, 4.69) is 4.98 Å². The molecule has 0 aliphatic carbocycles. The summed E-state index contributed by atoms with van der Waals surface area (Å²) in [5, 5.41) is 0.890. The maximum Gasteiger partial charge on any atom is 0.289 e. The summed E-state index contributed by atoms with van der Waals surface area (Å²) in [6, 6.07) is 10.8. The quantitative estimate of drug-likeness (QED) is 0.699. The van der Waals surface area contributed by atoms with Crippen LogP contribution in [-0.4, -0.2) is 59.9 Å². The summed E-state index contributed by atoms with van der Waals surface area (Å²) < 4.78 is 10.4. The molecule has 0 saturated carbocycles. The SMILES string of the molecule is COc1ccc2cc(C(=O)N3CCN(C(=O)c4ccco4)CC3)c(C)nc2c1. The average molecular weight is 379 g/mol. The number of carbonyl (C=O) groups is 2. The summed E-state index contributed by atoms with van der Waals surface area (Å²) in [5.74, 6) is 0.850. The lowest BCUT2D eigenvalue weighted by atomic mass is 10.1. The molecule has 3 heterocycles. The van der Waals surface area contributed by atoms with Gasteiger partial charge in [0.2, 0.25) is 0 Å². The number of hydrogen-bond donors (Lipinski definition) is 0. The van der Waals surface area contributed by atoms with Crippen LogP contribution in [0.15, 0.2) is 47.1 Å². The number of benzene rings is 1. The van der Waals surface area contributed by atoms with E-state index in [1.165, 1.54) is 6.26 Å². The normalized spacial score (nSPS) is 14.4. The van der Waals surface area contributed by atoms with Crippen molar-refractivity contribution in [2.45, 2.75) is 6.92 Å². The van der Waals surface area contributed by atoms with Gasteiger partial charge in [0.25, 0.3) is 11.8 Å². The molecule has 1 aliphatic heterocycles. The van der Waals surface area contributed by atoms with Crippen LogP contribution in [0, 0.1) is 6.92 Å². The number of rotatable bonds is 3. The molecule has 3 aromatic rings. The second kappa shape index (κ2) is 7.34. The highest BCUT2D eigenvalue weighted by Crippen LogP contribution is 2.23. The largest absolute Gasteiger partial charge is 0.497 e. The van der Waals surface area contributed by atoms with Crippen LogP contribution in [0.5, 0.6) is 5.75 Å². The van der Waals surface area contributed by atoms with E-state index in [0.717, 1.165) is 16.7 Å². The zero-order valence-corrected chi connectivity index (χ0v) is 15.8. The van der Waals surface area contributed by atoms with Crippen molar-refractivity contribution in [3.63, 3.8) is 0 Å². The molecule has 1 aliphatic rings. The van der Waals surface area contributed by atoms with E-state index >= 15 is 0 Å². The van der Waals surface area contributed by atoms with Crippen LogP contribution in [0.2, 0.25) is 0 Å². The van der Waals surface area contributed by atoms with Gasteiger partial charge in [-0.05, 0) is 37.3 Å². The number of pyridine rings is 1. The van der Waals surface area contributed by atoms with Crippen LogP contribution < -0.4 is 4.74 Å². The number of fused-ring (bicyclic) bond motifs is 1. The molecule has 1 saturated heterocycles. The molecule has 1 aromatic carbocycles. The Kier molecular flexibility index (Phi) is 4.73. The summed E-state index contributed by atoms with van der Waals surface area (Å²) >= 11 is 0. The number of hydrogen-bond acceptors (Lipinski definition) is 5. The highest BCUT2D eigenvalue weighted by atomic mass is 16.5. The standard InChI is InChI=1S/C21H21N3O4/c1-14-17(12-15-5-6-16(27-2)13-18(15)22-14)20(25)23-7-9-24(10-8-23)21(26)19-4-3-11-28-19/h3-6,11-13H,7-10H2,1-2H3. The zero-order valence-electron chi connectivity index (χ0n) is 15.8. The first kappa shape index (κ1) is 18.0. The summed E-state index contributed by atoms with van der Waals surface area (Å²) in [4.78, 5) is 33.5. The third-order valence-electron chi connectivity index (χ3n) is 5.03. The van der Waals surface area contributed by atoms with Gasteiger partial charge >= 0.3 is 0 Å². The fraction of sp³-hybridized carbons (Fsp3) is 0.286. The van der Waals surface area contributed by atoms with Crippen molar-refractivity contribution in [1.82, 2.24) is 14.8 Å². The highest BCUT2D eigenvalue weighted by molar-refractivity contribution is 5.99. The van der Waals surface area contributed by atoms with E-state index in [1.54, 1.807) is 29.0 Å². The minimum Gasteiger partial charge on any atom is -0.497 e. The van der Waals surface area contributed by atoms with E-state index in [1.807, 2.05) is 31.2 Å². The van der Waals surface area contributed by atoms with Gasteiger partial charge in [-0.3, -0.25) is 14.6 Å². The van der Waals surface area contributed by atoms with Gasteiger partial charge in [0.15, 0.2) is 5.76 Å². The van der Waals surface area contributed by atoms with Gasteiger partial charge in [0.05, 0.1) is 30.1 Å². The molecule has 2 aromatic heterocycles. The fourth-order valence-corrected chi connectivity index (χ4v) is 3.43. The first-order valence-corrected chi connectivity index (χ1v) is 9.14. The van der Waals surface area contributed by atoms with Crippen LogP contribution in [0.1, 0.15) is 26.6 Å². The predicted octanol–water partition coefficient (Wildman–Crippen LogP) is 2.74. The number of amides is 2. The molecule has 0 N–H and O–H groups in total. The number of ether oxygens (including phenoxy) is 1. The number of furan rings is 1. The van der Waals surface area contributed by atoms with Crippen molar-refractivity contribution < 1.29 is 18.7 Å². The summed E-state index contributed by atoms with van der Waals surface area (Å²) in [6.45, 7) is 3.74. The lowest BCUT2D eigenvalue weighted by Gasteiger charge is -2.34. The van der Waals surface area contributed by atoms with Crippen molar-refractivity contribution in [1.29, 1.82) is 0 Å². The Bertz CT molecular complexity index is 1020. The Morgan fingerprint density at radius 3 is 2.39 bits per heavy atom. The maximum atomic E-state index is 13.0. The molecule has 0 spiro atoms. The molecule has 4 rings (SSSR count). The van der Waals surface area contributed by atoms with Crippen molar-refractivity contribution in [3.05, 3.63) is 59.7 Å². The van der Waals surface area contributed by atoms with Crippen LogP contribution in [0.4, 0.5) is 0 Å². The Morgan fingerprint density at radius 1 is 1.04 bits per heavy atom. The van der Waals surface area contributed by atoms with E-state index in [-0.39, 0.29) is 11.8 Å². The van der Waals surface area contributed by atoms with E-state index in [4.69, 9.17) is 9.15 Å². The monoisotopic (exact) mass is 379 g/mol. The fourth-order valence-electron chi connectivity index (χ4n) is 3.43.